The summed E-state index contributed by atoms with van der Waals surface area (Å²) >= 11 is 1.05. The Kier molecular flexibility index (Phi) is 5.55. The number of benzene rings is 1. The summed E-state index contributed by atoms with van der Waals surface area (Å²) < 4.78 is 1.56. The Balaban J connectivity index is 1.86. The lowest BCUT2D eigenvalue weighted by atomic mass is 10.3. The molecule has 3 N–H and O–H groups in total. The second-order valence-corrected chi connectivity index (χ2v) is 6.94. The van der Waals surface area contributed by atoms with E-state index in [0.29, 0.717) is 17.6 Å². The number of nitrogens with one attached hydrogen (secondary N) is 3. The van der Waals surface area contributed by atoms with Crippen molar-refractivity contribution >= 4 is 34.7 Å². The number of rotatable bonds is 5. The lowest BCUT2D eigenvalue weighted by Crippen LogP contribution is -2.42. The van der Waals surface area contributed by atoms with E-state index in [2.05, 4.69) is 25.7 Å². The predicted molar refractivity (Wildman–Crippen MR) is 102 cm³/mol. The third kappa shape index (κ3) is 4.17. The number of urea groups is 1. The van der Waals surface area contributed by atoms with Gasteiger partial charge < -0.3 is 10.3 Å². The lowest BCUT2D eigenvalue weighted by Gasteiger charge is -2.11. The number of amides is 3. The minimum atomic E-state index is -0.638. The zero-order valence-electron chi connectivity index (χ0n) is 14.7. The van der Waals surface area contributed by atoms with Gasteiger partial charge >= 0.3 is 6.03 Å². The van der Waals surface area contributed by atoms with E-state index in [1.807, 2.05) is 30.3 Å². The zero-order chi connectivity index (χ0) is 19.4. The van der Waals surface area contributed by atoms with Gasteiger partial charge in [0.2, 0.25) is 5.91 Å². The number of imide groups is 1. The first-order valence-corrected chi connectivity index (χ1v) is 9.16. The fourth-order valence-electron chi connectivity index (χ4n) is 2.35. The summed E-state index contributed by atoms with van der Waals surface area (Å²) in [5.41, 5.74) is 0.813. The molecule has 1 unspecified atom stereocenters. The Hall–Kier alpha value is -3.14. The molecule has 0 fully saturated rings. The van der Waals surface area contributed by atoms with Crippen LogP contribution in [0.2, 0.25) is 0 Å². The van der Waals surface area contributed by atoms with Crippen LogP contribution in [0.25, 0.3) is 16.7 Å². The number of para-hydroxylation sites is 1. The molecule has 3 aromatic rings. The molecule has 2 heterocycles. The first kappa shape index (κ1) is 18.6. The summed E-state index contributed by atoms with van der Waals surface area (Å²) in [6.45, 7) is 3.79. The largest absolute Gasteiger partial charge is 0.338 e. The fraction of sp³-hybridized carbons (Fsp3) is 0.235. The number of hydrogen-bond donors (Lipinski definition) is 3. The number of fused-ring (bicyclic) bond motifs is 1. The van der Waals surface area contributed by atoms with Gasteiger partial charge in [0.15, 0.2) is 10.8 Å². The van der Waals surface area contributed by atoms with E-state index < -0.39 is 17.2 Å². The SMILES string of the molecule is CCNC(=O)NC(=O)C(C)Sc1nc2c(cnn2-c2ccccc2)c(=O)[nH]1. The molecule has 0 aliphatic carbocycles. The van der Waals surface area contributed by atoms with Gasteiger partial charge in [-0.2, -0.15) is 5.10 Å². The summed E-state index contributed by atoms with van der Waals surface area (Å²) in [7, 11) is 0. The van der Waals surface area contributed by atoms with E-state index in [-0.39, 0.29) is 10.7 Å². The number of carbonyl (C=O) groups excluding carboxylic acids is 2. The van der Waals surface area contributed by atoms with Crippen LogP contribution in [-0.4, -0.2) is 43.5 Å². The number of aromatic nitrogens is 4. The normalized spacial score (nSPS) is 11.9. The molecule has 0 saturated heterocycles. The molecule has 10 heteroatoms. The van der Waals surface area contributed by atoms with Gasteiger partial charge in [-0.3, -0.25) is 14.9 Å². The molecule has 27 heavy (non-hydrogen) atoms. The van der Waals surface area contributed by atoms with Crippen LogP contribution in [0, 0.1) is 0 Å². The van der Waals surface area contributed by atoms with Crippen molar-refractivity contribution in [2.45, 2.75) is 24.3 Å². The summed E-state index contributed by atoms with van der Waals surface area (Å²) in [5.74, 6) is -0.481. The number of nitrogens with zero attached hydrogens (tertiary/aromatic N) is 3. The second-order valence-electron chi connectivity index (χ2n) is 5.61. The van der Waals surface area contributed by atoms with Crippen LogP contribution in [0.3, 0.4) is 0 Å². The third-order valence-corrected chi connectivity index (χ3v) is 4.63. The molecule has 0 spiro atoms. The maximum Gasteiger partial charge on any atom is 0.321 e. The highest BCUT2D eigenvalue weighted by molar-refractivity contribution is 8.00. The molecule has 0 aliphatic rings. The summed E-state index contributed by atoms with van der Waals surface area (Å²) in [4.78, 5) is 43.0. The molecule has 2 aromatic heterocycles. The Morgan fingerprint density at radius 1 is 1.30 bits per heavy atom. The van der Waals surface area contributed by atoms with Gasteiger partial charge in [0, 0.05) is 6.54 Å². The van der Waals surface area contributed by atoms with Crippen LogP contribution in [-0.2, 0) is 4.79 Å². The Labute approximate surface area is 158 Å². The average molecular weight is 386 g/mol. The Bertz CT molecular complexity index is 1030. The molecule has 140 valence electrons. The molecule has 1 atom stereocenters. The monoisotopic (exact) mass is 386 g/mol. The van der Waals surface area contributed by atoms with Gasteiger partial charge in [-0.1, -0.05) is 30.0 Å². The van der Waals surface area contributed by atoms with Crippen molar-refractivity contribution in [3.8, 4) is 5.69 Å². The zero-order valence-corrected chi connectivity index (χ0v) is 15.5. The molecular weight excluding hydrogens is 368 g/mol. The first-order chi connectivity index (χ1) is 13.0. The van der Waals surface area contributed by atoms with Crippen molar-refractivity contribution in [3.05, 3.63) is 46.9 Å². The van der Waals surface area contributed by atoms with E-state index in [0.717, 1.165) is 17.4 Å². The summed E-state index contributed by atoms with van der Waals surface area (Å²) in [6, 6.07) is 8.74. The number of H-pyrrole nitrogens is 1. The maximum atomic E-state index is 12.3. The van der Waals surface area contributed by atoms with E-state index in [4.69, 9.17) is 0 Å². The van der Waals surface area contributed by atoms with Gasteiger partial charge in [-0.25, -0.2) is 14.5 Å². The van der Waals surface area contributed by atoms with Gasteiger partial charge in [-0.05, 0) is 26.0 Å². The van der Waals surface area contributed by atoms with Crippen LogP contribution in [0.5, 0.6) is 0 Å². The Morgan fingerprint density at radius 3 is 2.74 bits per heavy atom. The topological polar surface area (TPSA) is 122 Å². The van der Waals surface area contributed by atoms with Gasteiger partial charge in [0.25, 0.3) is 5.56 Å². The fourth-order valence-corrected chi connectivity index (χ4v) is 3.14. The van der Waals surface area contributed by atoms with E-state index in [1.165, 1.54) is 6.20 Å². The molecule has 1 aromatic carbocycles. The van der Waals surface area contributed by atoms with Gasteiger partial charge in [0.1, 0.15) is 5.39 Å². The summed E-state index contributed by atoms with van der Waals surface area (Å²) in [5, 5.41) is 8.94. The van der Waals surface area contributed by atoms with E-state index in [9.17, 15) is 14.4 Å². The van der Waals surface area contributed by atoms with Crippen LogP contribution < -0.4 is 16.2 Å². The molecule has 0 bridgehead atoms. The molecular formula is C17H18N6O3S. The summed E-state index contributed by atoms with van der Waals surface area (Å²) in [6.07, 6.45) is 1.45. The van der Waals surface area contributed by atoms with Crippen molar-refractivity contribution in [1.82, 2.24) is 30.4 Å². The van der Waals surface area contributed by atoms with Crippen LogP contribution in [0.1, 0.15) is 13.8 Å². The van der Waals surface area contributed by atoms with Gasteiger partial charge in [0.05, 0.1) is 17.1 Å². The average Bonchev–Trinajstić information content (AvgIpc) is 3.07. The van der Waals surface area contributed by atoms with E-state index in [1.54, 1.807) is 18.5 Å². The quantitative estimate of drug-likeness (QED) is 0.450. The number of thioether (sulfide) groups is 1. The first-order valence-electron chi connectivity index (χ1n) is 8.28. The maximum absolute atomic E-state index is 12.3. The predicted octanol–water partition coefficient (Wildman–Crippen LogP) is 1.44. The molecule has 3 amide bonds. The molecule has 0 radical (unpaired) electrons. The van der Waals surface area contributed by atoms with Crippen LogP contribution in [0.15, 0.2) is 46.5 Å². The highest BCUT2D eigenvalue weighted by Crippen LogP contribution is 2.21. The second kappa shape index (κ2) is 8.04. The van der Waals surface area contributed by atoms with Crippen molar-refractivity contribution in [3.63, 3.8) is 0 Å². The van der Waals surface area contributed by atoms with Crippen molar-refractivity contribution in [1.29, 1.82) is 0 Å². The molecule has 9 nitrogen and oxygen atoms in total. The highest BCUT2D eigenvalue weighted by Gasteiger charge is 2.19. The van der Waals surface area contributed by atoms with E-state index >= 15 is 0 Å². The smallest absolute Gasteiger partial charge is 0.321 e. The van der Waals surface area contributed by atoms with Crippen molar-refractivity contribution in [2.75, 3.05) is 6.54 Å². The van der Waals surface area contributed by atoms with Crippen LogP contribution >= 0.6 is 11.8 Å². The van der Waals surface area contributed by atoms with Crippen LogP contribution in [0.4, 0.5) is 4.79 Å². The third-order valence-electron chi connectivity index (χ3n) is 3.65. The van der Waals surface area contributed by atoms with Gasteiger partial charge in [-0.15, -0.1) is 0 Å². The molecule has 3 rings (SSSR count). The standard InChI is InChI=1S/C17H18N6O3S/c1-3-18-16(26)21-14(24)10(2)27-17-20-13-12(15(25)22-17)9-19-23(13)11-7-5-4-6-8-11/h4-10H,3H2,1-2H3,(H,20,22,25)(H2,18,21,24,26). The molecule has 0 saturated carbocycles. The number of aromatic amines is 1. The minimum absolute atomic E-state index is 0.267. The van der Waals surface area contributed by atoms with Crippen molar-refractivity contribution < 1.29 is 9.59 Å². The Morgan fingerprint density at radius 2 is 2.04 bits per heavy atom. The number of carbonyl (C=O) groups is 2. The lowest BCUT2D eigenvalue weighted by molar-refractivity contribution is -0.119. The van der Waals surface area contributed by atoms with Crippen molar-refractivity contribution in [2.24, 2.45) is 0 Å². The molecule has 0 aliphatic heterocycles. The number of hydrogen-bond acceptors (Lipinski definition) is 6. The highest BCUT2D eigenvalue weighted by atomic mass is 32.2. The minimum Gasteiger partial charge on any atom is -0.338 e.